The summed E-state index contributed by atoms with van der Waals surface area (Å²) in [6.45, 7) is 3.71. The van der Waals surface area contributed by atoms with E-state index in [0.29, 0.717) is 19.4 Å². The van der Waals surface area contributed by atoms with Gasteiger partial charge in [-0.15, -0.1) is 0 Å². The zero-order valence-corrected chi connectivity index (χ0v) is 11.7. The van der Waals surface area contributed by atoms with E-state index in [9.17, 15) is 9.59 Å². The van der Waals surface area contributed by atoms with Crippen molar-refractivity contribution in [2.24, 2.45) is 0 Å². The molecule has 0 aliphatic carbocycles. The minimum Gasteiger partial charge on any atom is -0.466 e. The lowest BCUT2D eigenvalue weighted by atomic mass is 10.1. The number of rotatable bonds is 5. The van der Waals surface area contributed by atoms with Crippen LogP contribution in [0.2, 0.25) is 0 Å². The second-order valence-electron chi connectivity index (χ2n) is 4.71. The Bertz CT molecular complexity index is 471. The van der Waals surface area contributed by atoms with Crippen LogP contribution in [0, 0.1) is 0 Å². The molecule has 0 spiro atoms. The summed E-state index contributed by atoms with van der Waals surface area (Å²) in [7, 11) is 0. The van der Waals surface area contributed by atoms with Crippen LogP contribution in [0.4, 0.5) is 10.5 Å². The fraction of sp³-hybridized carbons (Fsp3) is 0.467. The van der Waals surface area contributed by atoms with Crippen LogP contribution in [-0.2, 0) is 16.0 Å². The maximum atomic E-state index is 11.7. The first kappa shape index (κ1) is 14.4. The first-order chi connectivity index (χ1) is 9.70. The molecule has 0 radical (unpaired) electrons. The van der Waals surface area contributed by atoms with Gasteiger partial charge in [-0.05, 0) is 37.5 Å². The SMILES string of the molecule is CCOC(=O)CCc1ccc(N2CCCNC2=O)cc1. The van der Waals surface area contributed by atoms with E-state index in [1.807, 2.05) is 24.3 Å². The van der Waals surface area contributed by atoms with E-state index in [0.717, 1.165) is 30.8 Å². The molecule has 1 N–H and O–H groups in total. The molecule has 1 fully saturated rings. The van der Waals surface area contributed by atoms with Crippen LogP contribution in [0.3, 0.4) is 0 Å². The average molecular weight is 276 g/mol. The third-order valence-corrected chi connectivity index (χ3v) is 3.25. The van der Waals surface area contributed by atoms with Gasteiger partial charge in [-0.1, -0.05) is 12.1 Å². The Labute approximate surface area is 118 Å². The van der Waals surface area contributed by atoms with Crippen molar-refractivity contribution in [3.8, 4) is 0 Å². The number of aryl methyl sites for hydroxylation is 1. The number of urea groups is 1. The number of ether oxygens (including phenoxy) is 1. The number of carbonyl (C=O) groups excluding carboxylic acids is 2. The summed E-state index contributed by atoms with van der Waals surface area (Å²) in [5.74, 6) is -0.174. The lowest BCUT2D eigenvalue weighted by Crippen LogP contribution is -2.46. The van der Waals surface area contributed by atoms with E-state index in [-0.39, 0.29) is 12.0 Å². The second kappa shape index (κ2) is 6.93. The first-order valence-corrected chi connectivity index (χ1v) is 7.00. The van der Waals surface area contributed by atoms with Gasteiger partial charge in [0.2, 0.25) is 0 Å². The molecule has 0 bridgehead atoms. The number of nitrogens with zero attached hydrogens (tertiary/aromatic N) is 1. The van der Waals surface area contributed by atoms with Crippen molar-refractivity contribution in [3.63, 3.8) is 0 Å². The summed E-state index contributed by atoms with van der Waals surface area (Å²) < 4.78 is 4.90. The van der Waals surface area contributed by atoms with Crippen LogP contribution in [0.5, 0.6) is 0 Å². The topological polar surface area (TPSA) is 58.6 Å². The number of nitrogens with one attached hydrogen (secondary N) is 1. The molecule has 0 atom stereocenters. The molecular formula is C15H20N2O3. The Morgan fingerprint density at radius 3 is 2.75 bits per heavy atom. The fourth-order valence-electron chi connectivity index (χ4n) is 2.20. The van der Waals surface area contributed by atoms with E-state index in [1.165, 1.54) is 0 Å². The number of carbonyl (C=O) groups is 2. The molecule has 0 unspecified atom stereocenters. The molecule has 1 aliphatic rings. The smallest absolute Gasteiger partial charge is 0.321 e. The highest BCUT2D eigenvalue weighted by Gasteiger charge is 2.18. The summed E-state index contributed by atoms with van der Waals surface area (Å²) in [6, 6.07) is 7.71. The quantitative estimate of drug-likeness (QED) is 0.838. The summed E-state index contributed by atoms with van der Waals surface area (Å²) >= 11 is 0. The highest BCUT2D eigenvalue weighted by Crippen LogP contribution is 2.18. The highest BCUT2D eigenvalue weighted by atomic mass is 16.5. The molecule has 5 heteroatoms. The number of amides is 2. The number of esters is 1. The van der Waals surface area contributed by atoms with Crippen LogP contribution in [0.15, 0.2) is 24.3 Å². The molecule has 0 aromatic heterocycles. The number of hydrogen-bond donors (Lipinski definition) is 1. The van der Waals surface area contributed by atoms with Crippen LogP contribution in [0.25, 0.3) is 0 Å². The average Bonchev–Trinajstić information content (AvgIpc) is 2.47. The van der Waals surface area contributed by atoms with Crippen molar-refractivity contribution in [1.82, 2.24) is 5.32 Å². The Morgan fingerprint density at radius 2 is 2.10 bits per heavy atom. The summed E-state index contributed by atoms with van der Waals surface area (Å²) in [5, 5.41) is 2.83. The Kier molecular flexibility index (Phi) is 4.98. The molecule has 108 valence electrons. The van der Waals surface area contributed by atoms with Gasteiger partial charge in [0.05, 0.1) is 6.61 Å². The molecule has 0 saturated carbocycles. The molecule has 1 saturated heterocycles. The van der Waals surface area contributed by atoms with Gasteiger partial charge in [0.15, 0.2) is 0 Å². The van der Waals surface area contributed by atoms with Crippen molar-refractivity contribution in [1.29, 1.82) is 0 Å². The van der Waals surface area contributed by atoms with Crippen LogP contribution in [0.1, 0.15) is 25.3 Å². The number of anilines is 1. The fourth-order valence-corrected chi connectivity index (χ4v) is 2.20. The molecule has 2 amide bonds. The number of hydrogen-bond acceptors (Lipinski definition) is 3. The van der Waals surface area contributed by atoms with E-state index >= 15 is 0 Å². The second-order valence-corrected chi connectivity index (χ2v) is 4.71. The first-order valence-electron chi connectivity index (χ1n) is 7.00. The standard InChI is InChI=1S/C15H20N2O3/c1-2-20-14(18)9-6-12-4-7-13(8-5-12)17-11-3-10-16-15(17)19/h4-5,7-8H,2-3,6,9-11H2,1H3,(H,16,19). The Hall–Kier alpha value is -2.04. The predicted octanol–water partition coefficient (Wildman–Crippen LogP) is 2.10. The van der Waals surface area contributed by atoms with E-state index < -0.39 is 0 Å². The van der Waals surface area contributed by atoms with Gasteiger partial charge in [0, 0.05) is 25.2 Å². The van der Waals surface area contributed by atoms with E-state index in [2.05, 4.69) is 5.32 Å². The highest BCUT2D eigenvalue weighted by molar-refractivity contribution is 5.92. The zero-order chi connectivity index (χ0) is 14.4. The minimum atomic E-state index is -0.174. The Morgan fingerprint density at radius 1 is 1.35 bits per heavy atom. The zero-order valence-electron chi connectivity index (χ0n) is 11.7. The molecule has 1 heterocycles. The van der Waals surface area contributed by atoms with Crippen molar-refractivity contribution in [3.05, 3.63) is 29.8 Å². The largest absolute Gasteiger partial charge is 0.466 e. The minimum absolute atomic E-state index is 0.0458. The maximum Gasteiger partial charge on any atom is 0.321 e. The van der Waals surface area contributed by atoms with Crippen molar-refractivity contribution < 1.29 is 14.3 Å². The molecule has 2 rings (SSSR count). The van der Waals surface area contributed by atoms with Gasteiger partial charge < -0.3 is 10.1 Å². The number of benzene rings is 1. The summed E-state index contributed by atoms with van der Waals surface area (Å²) in [6.07, 6.45) is 2.00. The lowest BCUT2D eigenvalue weighted by molar-refractivity contribution is -0.143. The summed E-state index contributed by atoms with van der Waals surface area (Å²) in [5.41, 5.74) is 1.96. The van der Waals surface area contributed by atoms with E-state index in [4.69, 9.17) is 4.74 Å². The van der Waals surface area contributed by atoms with Crippen molar-refractivity contribution >= 4 is 17.7 Å². The molecule has 20 heavy (non-hydrogen) atoms. The van der Waals surface area contributed by atoms with Gasteiger partial charge in [-0.2, -0.15) is 0 Å². The molecule has 1 aliphatic heterocycles. The third kappa shape index (κ3) is 3.73. The van der Waals surface area contributed by atoms with Gasteiger partial charge in [-0.25, -0.2) is 4.79 Å². The molecule has 5 nitrogen and oxygen atoms in total. The molecule has 1 aromatic rings. The predicted molar refractivity (Wildman–Crippen MR) is 76.8 cm³/mol. The van der Waals surface area contributed by atoms with Crippen molar-refractivity contribution in [2.45, 2.75) is 26.2 Å². The van der Waals surface area contributed by atoms with Crippen LogP contribution < -0.4 is 10.2 Å². The van der Waals surface area contributed by atoms with Crippen LogP contribution in [-0.4, -0.2) is 31.7 Å². The Balaban J connectivity index is 1.92. The monoisotopic (exact) mass is 276 g/mol. The van der Waals surface area contributed by atoms with Gasteiger partial charge in [0.25, 0.3) is 0 Å². The van der Waals surface area contributed by atoms with E-state index in [1.54, 1.807) is 11.8 Å². The molecular weight excluding hydrogens is 256 g/mol. The van der Waals surface area contributed by atoms with Crippen molar-refractivity contribution in [2.75, 3.05) is 24.6 Å². The summed E-state index contributed by atoms with van der Waals surface area (Å²) in [4.78, 5) is 24.7. The van der Waals surface area contributed by atoms with Crippen LogP contribution >= 0.6 is 0 Å². The molecule has 1 aromatic carbocycles. The lowest BCUT2D eigenvalue weighted by Gasteiger charge is -2.27. The van der Waals surface area contributed by atoms with Gasteiger partial charge >= 0.3 is 12.0 Å². The third-order valence-electron chi connectivity index (χ3n) is 3.25. The normalized spacial score (nSPS) is 14.8. The maximum absolute atomic E-state index is 11.7. The van der Waals surface area contributed by atoms with Gasteiger partial charge in [0.1, 0.15) is 0 Å². The van der Waals surface area contributed by atoms with Gasteiger partial charge in [-0.3, -0.25) is 9.69 Å².